The van der Waals surface area contributed by atoms with Crippen molar-refractivity contribution in [2.24, 2.45) is 0 Å². The van der Waals surface area contributed by atoms with Crippen LogP contribution in [0.4, 0.5) is 5.69 Å². The molecule has 1 aliphatic carbocycles. The van der Waals surface area contributed by atoms with Crippen molar-refractivity contribution >= 4 is 23.1 Å². The van der Waals surface area contributed by atoms with Gasteiger partial charge in [-0.3, -0.25) is 4.79 Å². The van der Waals surface area contributed by atoms with Crippen molar-refractivity contribution in [3.8, 4) is 0 Å². The van der Waals surface area contributed by atoms with E-state index in [4.69, 9.17) is 11.6 Å². The molecule has 0 unspecified atom stereocenters. The second kappa shape index (κ2) is 4.04. The molecule has 0 saturated carbocycles. The van der Waals surface area contributed by atoms with Crippen LogP contribution < -0.4 is 5.32 Å². The molecule has 0 saturated heterocycles. The molecule has 0 amide bonds. The van der Waals surface area contributed by atoms with Gasteiger partial charge in [-0.15, -0.1) is 0 Å². The van der Waals surface area contributed by atoms with Gasteiger partial charge in [0, 0.05) is 17.1 Å². The van der Waals surface area contributed by atoms with Crippen LogP contribution in [0.2, 0.25) is 5.02 Å². The monoisotopic (exact) mass is 223 g/mol. The standard InChI is InChI=1S/C11H10ClNO2/c12-7-1-3-8(4-2-7)13-10-5-9(14)6-11(10)15/h1-5,9,13-14H,6H2/t9-/m0/s1. The number of hydrogen-bond donors (Lipinski definition) is 2. The lowest BCUT2D eigenvalue weighted by atomic mass is 10.2. The third-order valence-corrected chi connectivity index (χ3v) is 2.43. The van der Waals surface area contributed by atoms with E-state index in [1.54, 1.807) is 24.3 Å². The Balaban J connectivity index is 2.12. The van der Waals surface area contributed by atoms with Gasteiger partial charge in [-0.1, -0.05) is 11.6 Å². The normalized spacial score (nSPS) is 20.3. The molecule has 2 rings (SSSR count). The maximum atomic E-state index is 11.3. The molecule has 0 fully saturated rings. The van der Waals surface area contributed by atoms with Gasteiger partial charge in [0.25, 0.3) is 0 Å². The molecule has 1 aromatic carbocycles. The van der Waals surface area contributed by atoms with Gasteiger partial charge in [-0.25, -0.2) is 0 Å². The highest BCUT2D eigenvalue weighted by Gasteiger charge is 2.21. The van der Waals surface area contributed by atoms with Crippen LogP contribution in [0.3, 0.4) is 0 Å². The maximum absolute atomic E-state index is 11.3. The number of aliphatic hydroxyl groups excluding tert-OH is 1. The van der Waals surface area contributed by atoms with Gasteiger partial charge in [0.1, 0.15) is 0 Å². The SMILES string of the molecule is O=C1C[C@@H](O)C=C1Nc1ccc(Cl)cc1. The number of hydrogen-bond acceptors (Lipinski definition) is 3. The molecule has 15 heavy (non-hydrogen) atoms. The van der Waals surface area contributed by atoms with E-state index in [2.05, 4.69) is 5.32 Å². The van der Waals surface area contributed by atoms with Gasteiger partial charge < -0.3 is 10.4 Å². The van der Waals surface area contributed by atoms with Crippen molar-refractivity contribution in [3.05, 3.63) is 41.1 Å². The third-order valence-electron chi connectivity index (χ3n) is 2.18. The minimum absolute atomic E-state index is 0.0718. The molecule has 0 heterocycles. The molecule has 1 aromatic rings. The Hall–Kier alpha value is -1.32. The first-order valence-electron chi connectivity index (χ1n) is 4.61. The van der Waals surface area contributed by atoms with Gasteiger partial charge >= 0.3 is 0 Å². The fraction of sp³-hybridized carbons (Fsp3) is 0.182. The Bertz CT molecular complexity index is 411. The molecule has 1 aliphatic rings. The summed E-state index contributed by atoms with van der Waals surface area (Å²) in [4.78, 5) is 11.3. The van der Waals surface area contributed by atoms with E-state index >= 15 is 0 Å². The van der Waals surface area contributed by atoms with Crippen LogP contribution in [-0.4, -0.2) is 17.0 Å². The minimum atomic E-state index is -0.660. The summed E-state index contributed by atoms with van der Waals surface area (Å²) in [6, 6.07) is 7.03. The molecule has 3 nitrogen and oxygen atoms in total. The zero-order valence-electron chi connectivity index (χ0n) is 7.90. The summed E-state index contributed by atoms with van der Waals surface area (Å²) < 4.78 is 0. The molecule has 1 atom stereocenters. The zero-order valence-corrected chi connectivity index (χ0v) is 8.66. The van der Waals surface area contributed by atoms with Crippen molar-refractivity contribution in [2.45, 2.75) is 12.5 Å². The summed E-state index contributed by atoms with van der Waals surface area (Å²) in [6.45, 7) is 0. The van der Waals surface area contributed by atoms with Crippen LogP contribution in [0.1, 0.15) is 6.42 Å². The van der Waals surface area contributed by atoms with Gasteiger partial charge in [0.2, 0.25) is 0 Å². The van der Waals surface area contributed by atoms with E-state index in [1.165, 1.54) is 6.08 Å². The highest BCUT2D eigenvalue weighted by Crippen LogP contribution is 2.19. The topological polar surface area (TPSA) is 49.3 Å². The average molecular weight is 224 g/mol. The van der Waals surface area contributed by atoms with Crippen LogP contribution in [-0.2, 0) is 4.79 Å². The smallest absolute Gasteiger partial charge is 0.181 e. The van der Waals surface area contributed by atoms with Gasteiger partial charge in [0.15, 0.2) is 5.78 Å². The van der Waals surface area contributed by atoms with E-state index in [0.29, 0.717) is 10.7 Å². The number of anilines is 1. The summed E-state index contributed by atoms with van der Waals surface area (Å²) in [5.74, 6) is -0.0718. The van der Waals surface area contributed by atoms with E-state index in [-0.39, 0.29) is 12.2 Å². The van der Waals surface area contributed by atoms with Gasteiger partial charge in [-0.05, 0) is 30.3 Å². The van der Waals surface area contributed by atoms with Crippen molar-refractivity contribution in [1.29, 1.82) is 0 Å². The minimum Gasteiger partial charge on any atom is -0.388 e. The van der Waals surface area contributed by atoms with Crippen LogP contribution >= 0.6 is 11.6 Å². The second-order valence-corrected chi connectivity index (χ2v) is 3.84. The van der Waals surface area contributed by atoms with Crippen molar-refractivity contribution < 1.29 is 9.90 Å². The number of halogens is 1. The Kier molecular flexibility index (Phi) is 2.75. The number of carbonyl (C=O) groups is 1. The fourth-order valence-corrected chi connectivity index (χ4v) is 1.57. The van der Waals surface area contributed by atoms with E-state index in [1.807, 2.05) is 0 Å². The van der Waals surface area contributed by atoms with E-state index < -0.39 is 6.10 Å². The Morgan fingerprint density at radius 3 is 2.53 bits per heavy atom. The number of allylic oxidation sites excluding steroid dienone is 1. The third kappa shape index (κ3) is 2.37. The largest absolute Gasteiger partial charge is 0.388 e. The molecular weight excluding hydrogens is 214 g/mol. The highest BCUT2D eigenvalue weighted by atomic mass is 35.5. The molecule has 0 spiro atoms. The van der Waals surface area contributed by atoms with Crippen molar-refractivity contribution in [1.82, 2.24) is 0 Å². The molecular formula is C11H10ClNO2. The van der Waals surface area contributed by atoms with Crippen LogP contribution in [0.5, 0.6) is 0 Å². The van der Waals surface area contributed by atoms with Crippen LogP contribution in [0.25, 0.3) is 0 Å². The Morgan fingerprint density at radius 2 is 2.00 bits per heavy atom. The first-order valence-corrected chi connectivity index (χ1v) is 4.98. The van der Waals surface area contributed by atoms with E-state index in [9.17, 15) is 9.90 Å². The highest BCUT2D eigenvalue weighted by molar-refractivity contribution is 6.30. The predicted octanol–water partition coefficient (Wildman–Crippen LogP) is 1.97. The van der Waals surface area contributed by atoms with E-state index in [0.717, 1.165) is 5.69 Å². The molecule has 0 bridgehead atoms. The summed E-state index contributed by atoms with van der Waals surface area (Å²) in [5.41, 5.74) is 1.23. The molecule has 2 N–H and O–H groups in total. The van der Waals surface area contributed by atoms with Gasteiger partial charge in [-0.2, -0.15) is 0 Å². The molecule has 78 valence electrons. The summed E-state index contributed by atoms with van der Waals surface area (Å²) >= 11 is 5.73. The second-order valence-electron chi connectivity index (χ2n) is 3.41. The first kappa shape index (κ1) is 10.2. The summed E-state index contributed by atoms with van der Waals surface area (Å²) in [6.07, 6.45) is 1.03. The number of nitrogens with one attached hydrogen (secondary N) is 1. The number of ketones is 1. The average Bonchev–Trinajstić information content (AvgIpc) is 2.49. The molecule has 0 aliphatic heterocycles. The lowest BCUT2D eigenvalue weighted by Gasteiger charge is -2.05. The molecule has 0 radical (unpaired) electrons. The van der Waals surface area contributed by atoms with Crippen LogP contribution in [0.15, 0.2) is 36.0 Å². The Labute approximate surface area is 92.4 Å². The lowest BCUT2D eigenvalue weighted by molar-refractivity contribution is -0.115. The Morgan fingerprint density at radius 1 is 1.33 bits per heavy atom. The summed E-state index contributed by atoms with van der Waals surface area (Å²) in [7, 11) is 0. The number of aliphatic hydroxyl groups is 1. The fourth-order valence-electron chi connectivity index (χ4n) is 1.44. The quantitative estimate of drug-likeness (QED) is 0.806. The van der Waals surface area contributed by atoms with Crippen LogP contribution in [0, 0.1) is 0 Å². The zero-order chi connectivity index (χ0) is 10.8. The number of benzene rings is 1. The number of Topliss-reactive ketones (excluding diaryl/α,β-unsaturated/α-hetero) is 1. The molecule has 0 aromatic heterocycles. The molecule has 4 heteroatoms. The van der Waals surface area contributed by atoms with Crippen molar-refractivity contribution in [3.63, 3.8) is 0 Å². The number of carbonyl (C=O) groups excluding carboxylic acids is 1. The number of rotatable bonds is 2. The lowest BCUT2D eigenvalue weighted by Crippen LogP contribution is -2.07. The maximum Gasteiger partial charge on any atom is 0.181 e. The summed E-state index contributed by atoms with van der Waals surface area (Å²) in [5, 5.41) is 12.8. The predicted molar refractivity (Wildman–Crippen MR) is 58.8 cm³/mol. The first-order chi connectivity index (χ1) is 7.15. The van der Waals surface area contributed by atoms with Gasteiger partial charge in [0.05, 0.1) is 11.8 Å². The van der Waals surface area contributed by atoms with Crippen molar-refractivity contribution in [2.75, 3.05) is 5.32 Å².